The zero-order valence-corrected chi connectivity index (χ0v) is 53.9. The first-order valence-electron chi connectivity index (χ1n) is 34.8. The third-order valence-corrected chi connectivity index (χ3v) is 15.8. The van der Waals surface area contributed by atoms with E-state index in [1.807, 2.05) is 6.08 Å². The Morgan fingerprint density at radius 2 is 0.738 bits per heavy atom. The van der Waals surface area contributed by atoms with E-state index in [-0.39, 0.29) is 12.5 Å². The molecule has 84 heavy (non-hydrogen) atoms. The summed E-state index contributed by atoms with van der Waals surface area (Å²) in [5.41, 5.74) is 0. The maximum Gasteiger partial charge on any atom is 0.220 e. The number of ether oxygens (including phenoxy) is 2. The number of hydrogen-bond donors (Lipinski definition) is 6. The van der Waals surface area contributed by atoms with Crippen LogP contribution < -0.4 is 5.32 Å². The van der Waals surface area contributed by atoms with E-state index in [0.717, 1.165) is 116 Å². The summed E-state index contributed by atoms with van der Waals surface area (Å²) in [6, 6.07) is -0.827. The maximum absolute atomic E-state index is 13.1. The summed E-state index contributed by atoms with van der Waals surface area (Å²) in [7, 11) is 0. The van der Waals surface area contributed by atoms with Crippen LogP contribution in [0.15, 0.2) is 122 Å². The number of carbonyl (C=O) groups excluding carboxylic acids is 1. The molecule has 1 aliphatic rings. The number of carbonyl (C=O) groups is 1. The van der Waals surface area contributed by atoms with Gasteiger partial charge < -0.3 is 40.3 Å². The molecule has 1 heterocycles. The van der Waals surface area contributed by atoms with Crippen molar-refractivity contribution in [3.63, 3.8) is 0 Å². The molecule has 0 radical (unpaired) electrons. The fraction of sp³-hybridized carbons (Fsp3) is 0.720. The average Bonchev–Trinajstić information content (AvgIpc) is 3.70. The molecule has 0 bridgehead atoms. The Kier molecular flexibility index (Phi) is 58.6. The highest BCUT2D eigenvalue weighted by Gasteiger charge is 2.44. The van der Waals surface area contributed by atoms with Gasteiger partial charge >= 0.3 is 0 Å². The van der Waals surface area contributed by atoms with E-state index in [4.69, 9.17) is 9.47 Å². The van der Waals surface area contributed by atoms with E-state index in [1.54, 1.807) is 6.08 Å². The van der Waals surface area contributed by atoms with Crippen LogP contribution in [0.4, 0.5) is 0 Å². The number of nitrogens with one attached hydrogen (secondary N) is 1. The third-order valence-electron chi connectivity index (χ3n) is 15.8. The number of aliphatic hydroxyl groups excluding tert-OH is 5. The minimum absolute atomic E-state index is 0.198. The summed E-state index contributed by atoms with van der Waals surface area (Å²) in [6.07, 6.45) is 87.2. The fourth-order valence-electron chi connectivity index (χ4n) is 10.4. The molecule has 0 saturated carbocycles. The second-order valence-electron chi connectivity index (χ2n) is 23.6. The SMILES string of the molecule is CC/C=C\C/C=C\C/C=C\C/C=C\C/C=C\C/C=C\C/C=C\C/C=C\C/C=C\CCCCCCCC(=O)NC(COC1OC(CO)C(O)C(O)C1O)C(O)/C=C/CCCCCCCCCCCCCCCCCCCCCCCCCCCC. The van der Waals surface area contributed by atoms with E-state index in [0.29, 0.717) is 6.42 Å². The number of amides is 1. The van der Waals surface area contributed by atoms with Crippen LogP contribution in [0.3, 0.4) is 0 Å². The first-order chi connectivity index (χ1) is 41.3. The highest BCUT2D eigenvalue weighted by atomic mass is 16.7. The molecule has 9 heteroatoms. The predicted molar refractivity (Wildman–Crippen MR) is 359 cm³/mol. The quantitative estimate of drug-likeness (QED) is 0.0261. The monoisotopic (exact) mass is 1170 g/mol. The smallest absolute Gasteiger partial charge is 0.220 e. The molecule has 1 amide bonds. The Morgan fingerprint density at radius 1 is 0.417 bits per heavy atom. The zero-order chi connectivity index (χ0) is 60.7. The van der Waals surface area contributed by atoms with E-state index >= 15 is 0 Å². The molecule has 1 fully saturated rings. The summed E-state index contributed by atoms with van der Waals surface area (Å²) in [6.45, 7) is 3.68. The lowest BCUT2D eigenvalue weighted by Gasteiger charge is -2.40. The predicted octanol–water partition coefficient (Wildman–Crippen LogP) is 19.0. The molecule has 0 aromatic rings. The van der Waals surface area contributed by atoms with Crippen LogP contribution in [0.5, 0.6) is 0 Å². The summed E-state index contributed by atoms with van der Waals surface area (Å²) in [4.78, 5) is 13.1. The van der Waals surface area contributed by atoms with Gasteiger partial charge in [-0.15, -0.1) is 0 Å². The molecule has 9 nitrogen and oxygen atoms in total. The Balaban J connectivity index is 2.20. The number of aliphatic hydroxyl groups is 5. The van der Waals surface area contributed by atoms with Crippen molar-refractivity contribution in [1.29, 1.82) is 0 Å². The van der Waals surface area contributed by atoms with Crippen LogP contribution in [0.2, 0.25) is 0 Å². The standard InChI is InChI=1S/C75H129NO8/c1-3-5-7-9-11-13-15-17-19-21-23-25-27-29-31-33-34-35-36-37-39-41-43-45-47-49-51-53-55-57-59-61-63-65-71(79)76-68(67-83-75-74(82)73(81)72(80)70(66-77)84-75)69(78)64-62-60-58-56-54-52-50-48-46-44-42-40-38-32-30-28-26-24-22-20-18-16-14-12-10-8-6-4-2/h5,7,11,13,17,19,23,25,29,31,34-35,37,39,43,45,49,51,62,64,68-70,72-75,77-78,80-82H,3-4,6,8-10,12,14-16,18,20-22,24,26-28,30,32-33,36,38,40-42,44,46-48,50,52-61,63,65-67H2,1-2H3,(H,76,79)/b7-5-,13-11-,19-17-,25-23-,31-29-,35-34-,39-37-,45-43-,51-49-,64-62+. The van der Waals surface area contributed by atoms with E-state index in [2.05, 4.69) is 129 Å². The summed E-state index contributed by atoms with van der Waals surface area (Å²) in [5.74, 6) is -0.198. The van der Waals surface area contributed by atoms with Gasteiger partial charge in [0.05, 0.1) is 25.4 Å². The second kappa shape index (κ2) is 62.6. The molecule has 0 spiro atoms. The van der Waals surface area contributed by atoms with Gasteiger partial charge in [0.25, 0.3) is 0 Å². The van der Waals surface area contributed by atoms with E-state index < -0.39 is 49.5 Å². The molecule has 7 unspecified atom stereocenters. The van der Waals surface area contributed by atoms with Gasteiger partial charge in [0, 0.05) is 6.42 Å². The summed E-state index contributed by atoms with van der Waals surface area (Å²) < 4.78 is 11.3. The van der Waals surface area contributed by atoms with Crippen molar-refractivity contribution in [2.24, 2.45) is 0 Å². The number of allylic oxidation sites excluding steroid dienone is 19. The maximum atomic E-state index is 13.1. The minimum Gasteiger partial charge on any atom is -0.394 e. The highest BCUT2D eigenvalue weighted by molar-refractivity contribution is 5.76. The minimum atomic E-state index is -1.58. The largest absolute Gasteiger partial charge is 0.394 e. The lowest BCUT2D eigenvalue weighted by Crippen LogP contribution is -2.60. The average molecular weight is 1170 g/mol. The molecule has 7 atom stereocenters. The third kappa shape index (κ3) is 50.7. The second-order valence-corrected chi connectivity index (χ2v) is 23.6. The van der Waals surface area contributed by atoms with Crippen molar-refractivity contribution in [3.8, 4) is 0 Å². The molecular weight excluding hydrogens is 1040 g/mol. The van der Waals surface area contributed by atoms with Crippen LogP contribution >= 0.6 is 0 Å². The number of hydrogen-bond acceptors (Lipinski definition) is 8. The van der Waals surface area contributed by atoms with E-state index in [9.17, 15) is 30.3 Å². The van der Waals surface area contributed by atoms with Crippen LogP contribution in [0.25, 0.3) is 0 Å². The molecule has 0 aromatic carbocycles. The molecule has 482 valence electrons. The zero-order valence-electron chi connectivity index (χ0n) is 53.9. The van der Waals surface area contributed by atoms with Gasteiger partial charge in [0.2, 0.25) is 5.91 Å². The Bertz CT molecular complexity index is 1740. The first-order valence-corrected chi connectivity index (χ1v) is 34.8. The summed E-state index contributed by atoms with van der Waals surface area (Å²) in [5, 5.41) is 54.8. The van der Waals surface area contributed by atoms with Crippen LogP contribution in [0.1, 0.15) is 290 Å². The van der Waals surface area contributed by atoms with Crippen molar-refractivity contribution in [2.75, 3.05) is 13.2 Å². The van der Waals surface area contributed by atoms with Gasteiger partial charge in [-0.2, -0.15) is 0 Å². The topological polar surface area (TPSA) is 149 Å². The summed E-state index contributed by atoms with van der Waals surface area (Å²) >= 11 is 0. The van der Waals surface area contributed by atoms with Gasteiger partial charge in [-0.1, -0.05) is 315 Å². The fourth-order valence-corrected chi connectivity index (χ4v) is 10.4. The Morgan fingerprint density at radius 3 is 1.10 bits per heavy atom. The van der Waals surface area contributed by atoms with Crippen molar-refractivity contribution in [3.05, 3.63) is 122 Å². The van der Waals surface area contributed by atoms with Crippen molar-refractivity contribution in [2.45, 2.75) is 333 Å². The van der Waals surface area contributed by atoms with Gasteiger partial charge in [0.15, 0.2) is 6.29 Å². The normalized spacial score (nSPS) is 19.0. The van der Waals surface area contributed by atoms with Crippen molar-refractivity contribution in [1.82, 2.24) is 5.32 Å². The highest BCUT2D eigenvalue weighted by Crippen LogP contribution is 2.23. The van der Waals surface area contributed by atoms with Gasteiger partial charge in [-0.05, 0) is 89.9 Å². The van der Waals surface area contributed by atoms with Crippen molar-refractivity contribution >= 4 is 5.91 Å². The molecule has 0 aromatic heterocycles. The van der Waals surface area contributed by atoms with Crippen molar-refractivity contribution < 1.29 is 39.8 Å². The van der Waals surface area contributed by atoms with Gasteiger partial charge in [0.1, 0.15) is 24.4 Å². The van der Waals surface area contributed by atoms with Gasteiger partial charge in [-0.3, -0.25) is 4.79 Å². The van der Waals surface area contributed by atoms with Crippen LogP contribution in [0, 0.1) is 0 Å². The molecule has 1 rings (SSSR count). The Labute approximate surface area is 516 Å². The van der Waals surface area contributed by atoms with Gasteiger partial charge in [-0.25, -0.2) is 0 Å². The Hall–Kier alpha value is -3.41. The molecule has 1 aliphatic heterocycles. The molecular formula is C75H129NO8. The van der Waals surface area contributed by atoms with E-state index in [1.165, 1.54) is 154 Å². The number of rotatable bonds is 59. The molecule has 6 N–H and O–H groups in total. The van der Waals surface area contributed by atoms with Crippen LogP contribution in [-0.2, 0) is 14.3 Å². The van der Waals surface area contributed by atoms with Crippen LogP contribution in [-0.4, -0.2) is 87.5 Å². The lowest BCUT2D eigenvalue weighted by atomic mass is 9.99. The molecule has 0 aliphatic carbocycles. The number of unbranched alkanes of at least 4 members (excludes halogenated alkanes) is 31. The molecule has 1 saturated heterocycles. The lowest BCUT2D eigenvalue weighted by molar-refractivity contribution is -0.302. The first kappa shape index (κ1) is 78.6.